The van der Waals surface area contributed by atoms with Gasteiger partial charge in [0.1, 0.15) is 0 Å². The highest BCUT2D eigenvalue weighted by Gasteiger charge is 2.33. The van der Waals surface area contributed by atoms with Crippen LogP contribution >= 0.6 is 0 Å². The lowest BCUT2D eigenvalue weighted by atomic mass is 9.86. The highest BCUT2D eigenvalue weighted by Crippen LogP contribution is 2.26. The standard InChI is InChI=1S/C12H24N2O/c1-11(3-6-13-9-11)10-14-12(2)4-7-15-8-5-12/h13-14H,3-10H2,1-2H3. The Kier molecular flexibility index (Phi) is 3.33. The van der Waals surface area contributed by atoms with Gasteiger partial charge in [0.2, 0.25) is 0 Å². The molecule has 2 aliphatic heterocycles. The van der Waals surface area contributed by atoms with Crippen molar-refractivity contribution in [2.75, 3.05) is 32.8 Å². The van der Waals surface area contributed by atoms with Crippen molar-refractivity contribution >= 4 is 0 Å². The van der Waals surface area contributed by atoms with Crippen LogP contribution in [0.3, 0.4) is 0 Å². The summed E-state index contributed by atoms with van der Waals surface area (Å²) in [4.78, 5) is 0. The molecule has 0 radical (unpaired) electrons. The van der Waals surface area contributed by atoms with E-state index in [9.17, 15) is 0 Å². The maximum absolute atomic E-state index is 5.41. The smallest absolute Gasteiger partial charge is 0.0483 e. The summed E-state index contributed by atoms with van der Waals surface area (Å²) in [5.41, 5.74) is 0.769. The molecule has 3 nitrogen and oxygen atoms in total. The summed E-state index contributed by atoms with van der Waals surface area (Å²) < 4.78 is 5.41. The number of rotatable bonds is 3. The summed E-state index contributed by atoms with van der Waals surface area (Å²) >= 11 is 0. The third kappa shape index (κ3) is 2.92. The molecule has 0 saturated carbocycles. The van der Waals surface area contributed by atoms with Gasteiger partial charge >= 0.3 is 0 Å². The molecule has 2 saturated heterocycles. The first-order chi connectivity index (χ1) is 7.12. The van der Waals surface area contributed by atoms with Crippen molar-refractivity contribution in [1.82, 2.24) is 10.6 Å². The van der Waals surface area contributed by atoms with Crippen LogP contribution in [0.2, 0.25) is 0 Å². The third-order valence-corrected chi connectivity index (χ3v) is 4.00. The van der Waals surface area contributed by atoms with Crippen LogP contribution in [-0.2, 0) is 4.74 Å². The highest BCUT2D eigenvalue weighted by atomic mass is 16.5. The summed E-state index contributed by atoms with van der Waals surface area (Å²) in [6.07, 6.45) is 3.60. The molecule has 0 aromatic heterocycles. The molecule has 0 aromatic carbocycles. The SMILES string of the molecule is CC1(CNC2(C)CCOCC2)CCNC1. The second-order valence-corrected chi connectivity index (χ2v) is 5.76. The maximum atomic E-state index is 5.41. The Morgan fingerprint density at radius 2 is 1.93 bits per heavy atom. The van der Waals surface area contributed by atoms with Gasteiger partial charge < -0.3 is 15.4 Å². The third-order valence-electron chi connectivity index (χ3n) is 4.00. The average Bonchev–Trinajstić information content (AvgIpc) is 2.65. The van der Waals surface area contributed by atoms with Gasteiger partial charge in [0.25, 0.3) is 0 Å². The normalized spacial score (nSPS) is 35.6. The van der Waals surface area contributed by atoms with E-state index in [1.807, 2.05) is 0 Å². The highest BCUT2D eigenvalue weighted by molar-refractivity contribution is 4.91. The molecule has 2 aliphatic rings. The minimum absolute atomic E-state index is 0.309. The van der Waals surface area contributed by atoms with Gasteiger partial charge in [-0.25, -0.2) is 0 Å². The molecular formula is C12H24N2O. The van der Waals surface area contributed by atoms with Crippen LogP contribution in [-0.4, -0.2) is 38.4 Å². The minimum atomic E-state index is 0.309. The van der Waals surface area contributed by atoms with Crippen molar-refractivity contribution in [2.45, 2.75) is 38.6 Å². The first-order valence-electron chi connectivity index (χ1n) is 6.16. The van der Waals surface area contributed by atoms with E-state index < -0.39 is 0 Å². The van der Waals surface area contributed by atoms with Gasteiger partial charge in [-0.2, -0.15) is 0 Å². The van der Waals surface area contributed by atoms with E-state index in [0.717, 1.165) is 39.1 Å². The lowest BCUT2D eigenvalue weighted by Gasteiger charge is -2.37. The van der Waals surface area contributed by atoms with E-state index in [2.05, 4.69) is 24.5 Å². The fraction of sp³-hybridized carbons (Fsp3) is 1.00. The molecule has 2 rings (SSSR count). The molecule has 0 aromatic rings. The first kappa shape index (κ1) is 11.4. The Morgan fingerprint density at radius 3 is 2.53 bits per heavy atom. The van der Waals surface area contributed by atoms with Gasteiger partial charge in [-0.3, -0.25) is 0 Å². The Labute approximate surface area is 93.0 Å². The predicted molar refractivity (Wildman–Crippen MR) is 62.1 cm³/mol. The fourth-order valence-electron chi connectivity index (χ4n) is 2.45. The van der Waals surface area contributed by atoms with Crippen LogP contribution in [0.5, 0.6) is 0 Å². The zero-order valence-corrected chi connectivity index (χ0v) is 10.1. The lowest BCUT2D eigenvalue weighted by Crippen LogP contribution is -2.50. The second-order valence-electron chi connectivity index (χ2n) is 5.76. The minimum Gasteiger partial charge on any atom is -0.381 e. The molecule has 0 bridgehead atoms. The first-order valence-corrected chi connectivity index (χ1v) is 6.16. The quantitative estimate of drug-likeness (QED) is 0.736. The summed E-state index contributed by atoms with van der Waals surface area (Å²) in [6.45, 7) is 10.0. The van der Waals surface area contributed by atoms with Gasteiger partial charge in [-0.05, 0) is 38.1 Å². The zero-order valence-electron chi connectivity index (χ0n) is 10.1. The lowest BCUT2D eigenvalue weighted by molar-refractivity contribution is 0.0413. The topological polar surface area (TPSA) is 33.3 Å². The van der Waals surface area contributed by atoms with Gasteiger partial charge in [0.15, 0.2) is 0 Å². The summed E-state index contributed by atoms with van der Waals surface area (Å²) in [7, 11) is 0. The molecule has 0 spiro atoms. The van der Waals surface area contributed by atoms with Crippen molar-refractivity contribution in [2.24, 2.45) is 5.41 Å². The molecule has 2 heterocycles. The second kappa shape index (κ2) is 4.40. The molecule has 2 N–H and O–H groups in total. The molecule has 1 atom stereocenters. The summed E-state index contributed by atoms with van der Waals surface area (Å²) in [5, 5.41) is 7.21. The van der Waals surface area contributed by atoms with Crippen molar-refractivity contribution in [3.05, 3.63) is 0 Å². The van der Waals surface area contributed by atoms with E-state index >= 15 is 0 Å². The number of hydrogen-bond donors (Lipinski definition) is 2. The van der Waals surface area contributed by atoms with E-state index in [1.165, 1.54) is 13.0 Å². The van der Waals surface area contributed by atoms with E-state index in [0.29, 0.717) is 11.0 Å². The van der Waals surface area contributed by atoms with Crippen LogP contribution in [0.1, 0.15) is 33.1 Å². The average molecular weight is 212 g/mol. The molecule has 0 amide bonds. The van der Waals surface area contributed by atoms with Crippen molar-refractivity contribution < 1.29 is 4.74 Å². The Hall–Kier alpha value is -0.120. The molecule has 2 fully saturated rings. The number of nitrogens with one attached hydrogen (secondary N) is 2. The van der Waals surface area contributed by atoms with Gasteiger partial charge in [-0.15, -0.1) is 0 Å². The van der Waals surface area contributed by atoms with Crippen LogP contribution < -0.4 is 10.6 Å². The van der Waals surface area contributed by atoms with Crippen molar-refractivity contribution in [1.29, 1.82) is 0 Å². The Bertz CT molecular complexity index is 206. The predicted octanol–water partition coefficient (Wildman–Crippen LogP) is 1.14. The maximum Gasteiger partial charge on any atom is 0.0483 e. The monoisotopic (exact) mass is 212 g/mol. The number of hydrogen-bond acceptors (Lipinski definition) is 3. The molecule has 3 heteroatoms. The Balaban J connectivity index is 1.80. The molecule has 0 aliphatic carbocycles. The van der Waals surface area contributed by atoms with Crippen LogP contribution in [0.25, 0.3) is 0 Å². The van der Waals surface area contributed by atoms with Crippen LogP contribution in [0.4, 0.5) is 0 Å². The fourth-order valence-corrected chi connectivity index (χ4v) is 2.45. The Morgan fingerprint density at radius 1 is 1.20 bits per heavy atom. The summed E-state index contributed by atoms with van der Waals surface area (Å²) in [6, 6.07) is 0. The van der Waals surface area contributed by atoms with Gasteiger partial charge in [0, 0.05) is 31.8 Å². The molecule has 88 valence electrons. The zero-order chi connectivity index (χ0) is 10.8. The number of ether oxygens (including phenoxy) is 1. The molecular weight excluding hydrogens is 188 g/mol. The van der Waals surface area contributed by atoms with E-state index in [1.54, 1.807) is 0 Å². The molecule has 15 heavy (non-hydrogen) atoms. The van der Waals surface area contributed by atoms with Crippen LogP contribution in [0, 0.1) is 5.41 Å². The van der Waals surface area contributed by atoms with Crippen LogP contribution in [0.15, 0.2) is 0 Å². The molecule has 1 unspecified atom stereocenters. The van der Waals surface area contributed by atoms with Crippen molar-refractivity contribution in [3.8, 4) is 0 Å². The van der Waals surface area contributed by atoms with E-state index in [4.69, 9.17) is 4.74 Å². The van der Waals surface area contributed by atoms with Gasteiger partial charge in [-0.1, -0.05) is 6.92 Å². The largest absolute Gasteiger partial charge is 0.381 e. The van der Waals surface area contributed by atoms with Crippen molar-refractivity contribution in [3.63, 3.8) is 0 Å². The van der Waals surface area contributed by atoms with Gasteiger partial charge in [0.05, 0.1) is 0 Å². The van der Waals surface area contributed by atoms with E-state index in [-0.39, 0.29) is 0 Å². The summed E-state index contributed by atoms with van der Waals surface area (Å²) in [5.74, 6) is 0.